The molecule has 3 N–H and O–H groups in total. The summed E-state index contributed by atoms with van der Waals surface area (Å²) >= 11 is 0. The van der Waals surface area contributed by atoms with Gasteiger partial charge in [-0.25, -0.2) is 0 Å². The molecule has 28 heavy (non-hydrogen) atoms. The van der Waals surface area contributed by atoms with E-state index in [1.165, 1.54) is 19.2 Å². The lowest BCUT2D eigenvalue weighted by molar-refractivity contribution is -0.385. The summed E-state index contributed by atoms with van der Waals surface area (Å²) in [5, 5.41) is 17.9. The van der Waals surface area contributed by atoms with Gasteiger partial charge in [0.05, 0.1) is 17.2 Å². The van der Waals surface area contributed by atoms with Crippen LogP contribution in [0, 0.1) is 10.1 Å². The number of halogens is 1. The maximum absolute atomic E-state index is 11.2. The number of nitro groups is 1. The third kappa shape index (κ3) is 6.24. The number of nitro benzene ring substituents is 1. The highest BCUT2D eigenvalue weighted by Crippen LogP contribution is 2.26. The van der Waals surface area contributed by atoms with E-state index in [4.69, 9.17) is 10.6 Å². The van der Waals surface area contributed by atoms with Crippen molar-refractivity contribution in [1.29, 1.82) is 0 Å². The Hall–Kier alpha value is -3.13. The molecule has 2 rings (SSSR count). The number of carbonyl (C=O) groups is 1. The Kier molecular flexibility index (Phi) is 8.90. The molecule has 2 aromatic rings. The smallest absolute Gasteiger partial charge is 0.302 e. The molecule has 8 nitrogen and oxygen atoms in total. The first-order valence-electron chi connectivity index (χ1n) is 8.45. The molecular weight excluding hydrogens is 384 g/mol. The van der Waals surface area contributed by atoms with Crippen molar-refractivity contribution in [3.05, 3.63) is 69.3 Å². The summed E-state index contributed by atoms with van der Waals surface area (Å²) in [7, 11) is 0. The number of ether oxygens (including phenoxy) is 1. The van der Waals surface area contributed by atoms with E-state index in [1.807, 2.05) is 31.2 Å². The summed E-state index contributed by atoms with van der Waals surface area (Å²) in [6, 6.07) is 12.0. The van der Waals surface area contributed by atoms with Crippen LogP contribution in [0.5, 0.6) is 0 Å². The fourth-order valence-electron chi connectivity index (χ4n) is 2.66. The molecule has 1 atom stereocenters. The van der Waals surface area contributed by atoms with Crippen LogP contribution in [0.3, 0.4) is 0 Å². The molecule has 1 unspecified atom stereocenters. The van der Waals surface area contributed by atoms with Gasteiger partial charge < -0.3 is 15.9 Å². The van der Waals surface area contributed by atoms with Gasteiger partial charge in [-0.1, -0.05) is 19.1 Å². The Labute approximate surface area is 169 Å². The van der Waals surface area contributed by atoms with Gasteiger partial charge in [-0.2, -0.15) is 5.10 Å². The number of hydrogen-bond donors (Lipinski definition) is 2. The molecule has 0 spiro atoms. The number of nitrogens with one attached hydrogen (secondary N) is 1. The third-order valence-corrected chi connectivity index (χ3v) is 4.01. The number of hydrazone groups is 1. The van der Waals surface area contributed by atoms with E-state index in [9.17, 15) is 14.9 Å². The Balaban J connectivity index is 0.00000392. The van der Waals surface area contributed by atoms with Gasteiger partial charge in [0.1, 0.15) is 6.61 Å². The average molecular weight is 407 g/mol. The minimum atomic E-state index is -0.395. The van der Waals surface area contributed by atoms with E-state index in [1.54, 1.807) is 12.1 Å². The van der Waals surface area contributed by atoms with Crippen LogP contribution in [0.1, 0.15) is 36.6 Å². The van der Waals surface area contributed by atoms with Crippen molar-refractivity contribution in [2.45, 2.75) is 26.3 Å². The molecule has 0 fully saturated rings. The van der Waals surface area contributed by atoms with E-state index in [0.717, 1.165) is 16.8 Å². The van der Waals surface area contributed by atoms with Crippen molar-refractivity contribution >= 4 is 36.0 Å². The molecule has 0 saturated heterocycles. The lowest BCUT2D eigenvalue weighted by atomic mass is 10.0. The quantitative estimate of drug-likeness (QED) is 0.227. The van der Waals surface area contributed by atoms with Crippen molar-refractivity contribution in [2.75, 3.05) is 11.9 Å². The van der Waals surface area contributed by atoms with E-state index in [0.29, 0.717) is 12.0 Å². The van der Waals surface area contributed by atoms with Crippen LogP contribution < -0.4 is 11.2 Å². The zero-order valence-corrected chi connectivity index (χ0v) is 16.4. The maximum atomic E-state index is 11.2. The molecule has 0 bridgehead atoms. The van der Waals surface area contributed by atoms with Gasteiger partial charge in [-0.15, -0.1) is 12.4 Å². The third-order valence-electron chi connectivity index (χ3n) is 4.01. The number of hydrogen-bond acceptors (Lipinski definition) is 7. The minimum Gasteiger partial charge on any atom is -0.463 e. The molecule has 9 heteroatoms. The van der Waals surface area contributed by atoms with Crippen molar-refractivity contribution in [1.82, 2.24) is 0 Å². The fourth-order valence-corrected chi connectivity index (χ4v) is 2.66. The summed E-state index contributed by atoms with van der Waals surface area (Å²) in [5.41, 5.74) is 3.16. The number of benzene rings is 2. The molecular formula is C19H23ClN4O4. The van der Waals surface area contributed by atoms with Crippen LogP contribution in [0.4, 0.5) is 11.4 Å². The highest BCUT2D eigenvalue weighted by Gasteiger charge is 2.18. The Bertz CT molecular complexity index is 840. The van der Waals surface area contributed by atoms with E-state index >= 15 is 0 Å². The minimum absolute atomic E-state index is 0. The molecule has 0 heterocycles. The van der Waals surface area contributed by atoms with Crippen molar-refractivity contribution < 1.29 is 14.5 Å². The van der Waals surface area contributed by atoms with Crippen molar-refractivity contribution in [3.63, 3.8) is 0 Å². The zero-order chi connectivity index (χ0) is 19.8. The zero-order valence-electron chi connectivity index (χ0n) is 15.6. The predicted molar refractivity (Wildman–Crippen MR) is 111 cm³/mol. The number of aryl methyl sites for hydroxylation is 1. The van der Waals surface area contributed by atoms with Gasteiger partial charge in [0.2, 0.25) is 0 Å². The molecule has 150 valence electrons. The molecule has 0 aliphatic rings. The van der Waals surface area contributed by atoms with E-state index in [2.05, 4.69) is 10.4 Å². The highest BCUT2D eigenvalue weighted by molar-refractivity contribution is 5.85. The number of nitrogens with two attached hydrogens (primary N) is 1. The fraction of sp³-hybridized carbons (Fsp3) is 0.263. The van der Waals surface area contributed by atoms with Crippen LogP contribution >= 0.6 is 12.4 Å². The summed E-state index contributed by atoms with van der Waals surface area (Å²) in [6.07, 6.45) is 2.06. The lowest BCUT2D eigenvalue weighted by Gasteiger charge is -2.21. The topological polar surface area (TPSA) is 120 Å². The number of rotatable bonds is 8. The Morgan fingerprint density at radius 1 is 1.32 bits per heavy atom. The molecule has 0 amide bonds. The van der Waals surface area contributed by atoms with Gasteiger partial charge in [0.15, 0.2) is 0 Å². The summed E-state index contributed by atoms with van der Waals surface area (Å²) < 4.78 is 5.17. The number of carbonyl (C=O) groups excluding carboxylic acids is 1. The van der Waals surface area contributed by atoms with E-state index < -0.39 is 10.9 Å². The number of esters is 1. The summed E-state index contributed by atoms with van der Waals surface area (Å²) in [4.78, 5) is 22.0. The second-order valence-electron chi connectivity index (χ2n) is 5.90. The SMILES string of the molecule is CCc1cc(C(COC(C)=O)Nc2ccc(C=NN)cc2)ccc1[N+](=O)[O-].Cl. The van der Waals surface area contributed by atoms with Crippen LogP contribution in [-0.4, -0.2) is 23.7 Å². The molecule has 0 aliphatic carbocycles. The molecule has 0 saturated carbocycles. The second kappa shape index (κ2) is 10.9. The number of nitrogens with zero attached hydrogens (tertiary/aromatic N) is 2. The van der Waals surface area contributed by atoms with Gasteiger partial charge in [-0.05, 0) is 41.8 Å². The second-order valence-corrected chi connectivity index (χ2v) is 5.90. The van der Waals surface area contributed by atoms with Gasteiger partial charge in [0.25, 0.3) is 5.69 Å². The average Bonchev–Trinajstić information content (AvgIpc) is 2.66. The maximum Gasteiger partial charge on any atom is 0.302 e. The first kappa shape index (κ1) is 22.9. The Morgan fingerprint density at radius 3 is 2.54 bits per heavy atom. The summed E-state index contributed by atoms with van der Waals surface area (Å²) in [5.74, 6) is 4.75. The first-order valence-corrected chi connectivity index (χ1v) is 8.45. The molecule has 0 aromatic heterocycles. The molecule has 0 radical (unpaired) electrons. The predicted octanol–water partition coefficient (Wildman–Crippen LogP) is 3.59. The van der Waals surface area contributed by atoms with E-state index in [-0.39, 0.29) is 30.7 Å². The van der Waals surface area contributed by atoms with Gasteiger partial charge in [0, 0.05) is 24.2 Å². The van der Waals surface area contributed by atoms with Crippen molar-refractivity contribution in [3.8, 4) is 0 Å². The monoisotopic (exact) mass is 406 g/mol. The van der Waals surface area contributed by atoms with Crippen LogP contribution in [0.25, 0.3) is 0 Å². The number of anilines is 1. The Morgan fingerprint density at radius 2 is 2.00 bits per heavy atom. The molecule has 2 aromatic carbocycles. The van der Waals surface area contributed by atoms with Gasteiger partial charge in [-0.3, -0.25) is 14.9 Å². The largest absolute Gasteiger partial charge is 0.463 e. The standard InChI is InChI=1S/C19H22N4O4.ClH/c1-3-15-10-16(6-9-19(15)23(25)26)18(12-27-13(2)24)22-17-7-4-14(5-8-17)11-21-20;/h4-11,18,22H,3,12,20H2,1-2H3;1H. The first-order chi connectivity index (χ1) is 12.9. The molecule has 0 aliphatic heterocycles. The highest BCUT2D eigenvalue weighted by atomic mass is 35.5. The van der Waals surface area contributed by atoms with Crippen LogP contribution in [-0.2, 0) is 16.0 Å². The van der Waals surface area contributed by atoms with Crippen LogP contribution in [0.2, 0.25) is 0 Å². The van der Waals surface area contributed by atoms with Crippen molar-refractivity contribution in [2.24, 2.45) is 10.9 Å². The van der Waals surface area contributed by atoms with Gasteiger partial charge >= 0.3 is 5.97 Å². The lowest BCUT2D eigenvalue weighted by Crippen LogP contribution is -2.19. The normalized spacial score (nSPS) is 11.5. The van der Waals surface area contributed by atoms with Crippen LogP contribution in [0.15, 0.2) is 47.6 Å². The summed E-state index contributed by atoms with van der Waals surface area (Å²) in [6.45, 7) is 3.30.